The van der Waals surface area contributed by atoms with Gasteiger partial charge in [0.1, 0.15) is 5.76 Å². The van der Waals surface area contributed by atoms with Gasteiger partial charge in [-0.2, -0.15) is 5.10 Å². The van der Waals surface area contributed by atoms with Gasteiger partial charge in [0.15, 0.2) is 5.88 Å². The fourth-order valence-corrected chi connectivity index (χ4v) is 2.45. The second-order valence-corrected chi connectivity index (χ2v) is 5.61. The van der Waals surface area contributed by atoms with Crippen LogP contribution >= 0.6 is 0 Å². The predicted octanol–water partition coefficient (Wildman–Crippen LogP) is 3.09. The van der Waals surface area contributed by atoms with Gasteiger partial charge >= 0.3 is 0 Å². The van der Waals surface area contributed by atoms with E-state index in [1.807, 2.05) is 42.5 Å². The summed E-state index contributed by atoms with van der Waals surface area (Å²) in [7, 11) is 0. The van der Waals surface area contributed by atoms with Crippen LogP contribution in [0.15, 0.2) is 52.0 Å². The smallest absolute Gasteiger partial charge is 0.240 e. The number of hydrogen-bond acceptors (Lipinski definition) is 5. The molecule has 6 heteroatoms. The largest absolute Gasteiger partial charge is 0.440 e. The molecule has 0 radical (unpaired) electrons. The molecule has 0 unspecified atom stereocenters. The van der Waals surface area contributed by atoms with Gasteiger partial charge in [-0.1, -0.05) is 30.3 Å². The molecule has 2 N–H and O–H groups in total. The van der Waals surface area contributed by atoms with Gasteiger partial charge in [-0.05, 0) is 31.9 Å². The molecule has 1 aromatic heterocycles. The zero-order valence-electron chi connectivity index (χ0n) is 14.7. The fourth-order valence-electron chi connectivity index (χ4n) is 2.45. The number of aliphatic hydroxyl groups excluding tert-OH is 1. The molecular weight excluding hydrogens is 318 g/mol. The van der Waals surface area contributed by atoms with Crippen LogP contribution in [-0.2, 0) is 4.79 Å². The van der Waals surface area contributed by atoms with Crippen LogP contribution in [0.3, 0.4) is 0 Å². The summed E-state index contributed by atoms with van der Waals surface area (Å²) in [5, 5.41) is 13.9. The van der Waals surface area contributed by atoms with Gasteiger partial charge in [0.2, 0.25) is 5.91 Å². The maximum atomic E-state index is 11.8. The van der Waals surface area contributed by atoms with Crippen molar-refractivity contribution in [1.29, 1.82) is 0 Å². The third-order valence-corrected chi connectivity index (χ3v) is 3.90. The Hall–Kier alpha value is -2.60. The molecule has 0 saturated carbocycles. The minimum absolute atomic E-state index is 0.191. The number of anilines is 1. The van der Waals surface area contributed by atoms with Gasteiger partial charge in [-0.25, -0.2) is 5.43 Å². The van der Waals surface area contributed by atoms with Crippen molar-refractivity contribution in [3.63, 3.8) is 0 Å². The van der Waals surface area contributed by atoms with E-state index in [1.54, 1.807) is 0 Å². The van der Waals surface area contributed by atoms with Crippen LogP contribution in [0, 0.1) is 0 Å². The van der Waals surface area contributed by atoms with E-state index in [1.165, 1.54) is 6.21 Å². The number of carbonyl (C=O) groups excluding carboxylic acids is 1. The van der Waals surface area contributed by atoms with E-state index in [-0.39, 0.29) is 12.3 Å². The lowest BCUT2D eigenvalue weighted by molar-refractivity contribution is -0.121. The van der Waals surface area contributed by atoms with Crippen molar-refractivity contribution < 1.29 is 14.3 Å². The van der Waals surface area contributed by atoms with Crippen LogP contribution in [0.25, 0.3) is 0 Å². The molecule has 1 aromatic carbocycles. The van der Waals surface area contributed by atoms with Gasteiger partial charge in [0.05, 0.1) is 12.3 Å². The van der Waals surface area contributed by atoms with Crippen molar-refractivity contribution in [3.8, 4) is 0 Å². The van der Waals surface area contributed by atoms with E-state index in [0.717, 1.165) is 24.5 Å². The van der Waals surface area contributed by atoms with Crippen LogP contribution in [0.4, 0.5) is 5.88 Å². The highest BCUT2D eigenvalue weighted by Crippen LogP contribution is 2.18. The van der Waals surface area contributed by atoms with Gasteiger partial charge in [0.25, 0.3) is 0 Å². The van der Waals surface area contributed by atoms with Crippen LogP contribution in [0.1, 0.15) is 44.1 Å². The Morgan fingerprint density at radius 1 is 1.24 bits per heavy atom. The first-order valence-electron chi connectivity index (χ1n) is 8.53. The molecule has 0 fully saturated rings. The summed E-state index contributed by atoms with van der Waals surface area (Å²) in [5.74, 6) is 1.11. The minimum atomic E-state index is -0.655. The standard InChI is InChI=1S/C19H25N3O3/c1-3-22(4-2)19-13-10-16(25-19)14-20-21-18(24)12-11-17(23)15-8-6-5-7-9-15/h5-10,13-14,17,23H,3-4,11-12H2,1-2H3,(H,21,24)/b20-14-/t17-/m1/s1. The van der Waals surface area contributed by atoms with Crippen LogP contribution in [0.5, 0.6) is 0 Å². The predicted molar refractivity (Wildman–Crippen MR) is 98.6 cm³/mol. The quantitative estimate of drug-likeness (QED) is 0.542. The number of aliphatic hydroxyl groups is 1. The molecular formula is C19H25N3O3. The lowest BCUT2D eigenvalue weighted by Gasteiger charge is -2.16. The van der Waals surface area contributed by atoms with Crippen molar-refractivity contribution >= 4 is 18.0 Å². The number of amides is 1. The highest BCUT2D eigenvalue weighted by molar-refractivity contribution is 5.80. The molecule has 0 aliphatic heterocycles. The number of benzene rings is 1. The average Bonchev–Trinajstić information content (AvgIpc) is 3.10. The second-order valence-electron chi connectivity index (χ2n) is 5.61. The molecule has 2 aromatic rings. The molecule has 0 aliphatic carbocycles. The van der Waals surface area contributed by atoms with E-state index in [2.05, 4.69) is 29.3 Å². The van der Waals surface area contributed by atoms with Crippen molar-refractivity contribution in [2.75, 3.05) is 18.0 Å². The van der Waals surface area contributed by atoms with E-state index in [4.69, 9.17) is 4.42 Å². The molecule has 0 spiro atoms. The first-order chi connectivity index (χ1) is 12.1. The molecule has 1 atom stereocenters. The third kappa shape index (κ3) is 5.76. The third-order valence-electron chi connectivity index (χ3n) is 3.90. The molecule has 1 amide bonds. The minimum Gasteiger partial charge on any atom is -0.440 e. The highest BCUT2D eigenvalue weighted by Gasteiger charge is 2.10. The first-order valence-corrected chi connectivity index (χ1v) is 8.53. The summed E-state index contributed by atoms with van der Waals surface area (Å²) in [4.78, 5) is 13.9. The number of nitrogens with zero attached hydrogens (tertiary/aromatic N) is 2. The summed E-state index contributed by atoms with van der Waals surface area (Å²) >= 11 is 0. The number of rotatable bonds is 9. The molecule has 0 saturated heterocycles. The number of hydrazone groups is 1. The van der Waals surface area contributed by atoms with Crippen molar-refractivity contribution in [1.82, 2.24) is 5.43 Å². The van der Waals surface area contributed by atoms with E-state index in [0.29, 0.717) is 12.2 Å². The van der Waals surface area contributed by atoms with Crippen molar-refractivity contribution in [2.24, 2.45) is 5.10 Å². The van der Waals surface area contributed by atoms with Crippen LogP contribution in [0.2, 0.25) is 0 Å². The van der Waals surface area contributed by atoms with Gasteiger partial charge in [-0.15, -0.1) is 0 Å². The second kappa shape index (κ2) is 9.64. The topological polar surface area (TPSA) is 78.1 Å². The molecule has 25 heavy (non-hydrogen) atoms. The maximum absolute atomic E-state index is 11.8. The van der Waals surface area contributed by atoms with Crippen molar-refractivity contribution in [3.05, 3.63) is 53.8 Å². The molecule has 6 nitrogen and oxygen atoms in total. The van der Waals surface area contributed by atoms with Gasteiger partial charge in [0, 0.05) is 25.6 Å². The monoisotopic (exact) mass is 343 g/mol. The van der Waals surface area contributed by atoms with Crippen LogP contribution < -0.4 is 10.3 Å². The highest BCUT2D eigenvalue weighted by atomic mass is 16.4. The number of carbonyl (C=O) groups is 1. The SMILES string of the molecule is CCN(CC)c1ccc(/C=N\NC(=O)CC[C@@H](O)c2ccccc2)o1. The summed E-state index contributed by atoms with van der Waals surface area (Å²) in [6.45, 7) is 5.84. The summed E-state index contributed by atoms with van der Waals surface area (Å²) < 4.78 is 5.65. The summed E-state index contributed by atoms with van der Waals surface area (Å²) in [5.41, 5.74) is 3.25. The van der Waals surface area contributed by atoms with Crippen molar-refractivity contribution in [2.45, 2.75) is 32.8 Å². The zero-order chi connectivity index (χ0) is 18.1. The van der Waals surface area contributed by atoms with E-state index in [9.17, 15) is 9.90 Å². The van der Waals surface area contributed by atoms with Crippen LogP contribution in [-0.4, -0.2) is 30.3 Å². The molecule has 0 bridgehead atoms. The lowest BCUT2D eigenvalue weighted by atomic mass is 10.1. The average molecular weight is 343 g/mol. The first kappa shape index (κ1) is 18.7. The Balaban J connectivity index is 1.77. The number of furan rings is 1. The Kier molecular flexibility index (Phi) is 7.22. The molecule has 0 aliphatic rings. The maximum Gasteiger partial charge on any atom is 0.240 e. The summed E-state index contributed by atoms with van der Waals surface area (Å²) in [6, 6.07) is 13.0. The Bertz CT molecular complexity index is 678. The fraction of sp³-hybridized carbons (Fsp3) is 0.368. The van der Waals surface area contributed by atoms with Gasteiger partial charge in [-0.3, -0.25) is 4.79 Å². The molecule has 134 valence electrons. The van der Waals surface area contributed by atoms with E-state index < -0.39 is 6.10 Å². The number of hydrogen-bond donors (Lipinski definition) is 2. The Morgan fingerprint density at radius 3 is 2.64 bits per heavy atom. The zero-order valence-corrected chi connectivity index (χ0v) is 14.7. The summed E-state index contributed by atoms with van der Waals surface area (Å²) in [6.07, 6.45) is 1.35. The van der Waals surface area contributed by atoms with E-state index >= 15 is 0 Å². The lowest BCUT2D eigenvalue weighted by Crippen LogP contribution is -2.20. The number of nitrogens with one attached hydrogen (secondary N) is 1. The Morgan fingerprint density at radius 2 is 1.96 bits per heavy atom. The molecule has 1 heterocycles. The molecule has 2 rings (SSSR count). The normalized spacial score (nSPS) is 12.3. The Labute approximate surface area is 148 Å². The van der Waals surface area contributed by atoms with Gasteiger partial charge < -0.3 is 14.4 Å².